The Morgan fingerprint density at radius 2 is 1.67 bits per heavy atom. The first-order valence-electron chi connectivity index (χ1n) is 4.39. The Hall–Kier alpha value is -0.540. The molecule has 0 fully saturated rings. The molecule has 0 heterocycles. The molecule has 0 saturated carbocycles. The van der Waals surface area contributed by atoms with E-state index in [1.807, 2.05) is 21.1 Å². The lowest BCUT2D eigenvalue weighted by Gasteiger charge is -2.16. The highest BCUT2D eigenvalue weighted by molar-refractivity contribution is 5.09. The summed E-state index contributed by atoms with van der Waals surface area (Å²) >= 11 is 0. The highest BCUT2D eigenvalue weighted by atomic mass is 15.0. The number of rotatable bonds is 5. The number of hydrogen-bond acceptors (Lipinski definition) is 3. The Kier molecular flexibility index (Phi) is 5.76. The van der Waals surface area contributed by atoms with Crippen LogP contribution in [0.1, 0.15) is 13.8 Å². The summed E-state index contributed by atoms with van der Waals surface area (Å²) < 4.78 is 0. The third kappa shape index (κ3) is 3.74. The van der Waals surface area contributed by atoms with Crippen molar-refractivity contribution < 1.29 is 0 Å². The maximum atomic E-state index is 3.19. The lowest BCUT2D eigenvalue weighted by molar-refractivity contribution is 0.630. The summed E-state index contributed by atoms with van der Waals surface area (Å²) in [6, 6.07) is 0.786. The summed E-state index contributed by atoms with van der Waals surface area (Å²) in [7, 11) is 5.86. The van der Waals surface area contributed by atoms with E-state index in [-0.39, 0.29) is 0 Å². The summed E-state index contributed by atoms with van der Waals surface area (Å²) in [6.45, 7) is 4.25. The Morgan fingerprint density at radius 1 is 1.08 bits per heavy atom. The molecule has 0 aromatic rings. The number of nitrogens with one attached hydrogen (secondary N) is 3. The molecule has 0 amide bonds. The number of likely N-dealkylation sites (N-methyl/N-ethyl adjacent to an activating group) is 3. The van der Waals surface area contributed by atoms with Gasteiger partial charge in [-0.25, -0.2) is 0 Å². The van der Waals surface area contributed by atoms with Gasteiger partial charge < -0.3 is 16.0 Å². The first-order chi connectivity index (χ1) is 5.65. The summed E-state index contributed by atoms with van der Waals surface area (Å²) in [5.74, 6) is 0. The molecule has 3 heteroatoms. The fourth-order valence-corrected chi connectivity index (χ4v) is 0.952. The fraction of sp³-hybridized carbons (Fsp3) is 0.778. The lowest BCUT2D eigenvalue weighted by Crippen LogP contribution is -2.32. The first kappa shape index (κ1) is 11.5. The van der Waals surface area contributed by atoms with Crippen LogP contribution in [0.2, 0.25) is 0 Å². The summed E-state index contributed by atoms with van der Waals surface area (Å²) in [6.07, 6.45) is 2.18. The van der Waals surface area contributed by atoms with Crippen LogP contribution in [0, 0.1) is 0 Å². The van der Waals surface area contributed by atoms with Crippen molar-refractivity contribution in [2.24, 2.45) is 0 Å². The molecule has 0 aliphatic carbocycles. The zero-order chi connectivity index (χ0) is 9.56. The summed E-state index contributed by atoms with van der Waals surface area (Å²) in [4.78, 5) is 0. The second kappa shape index (κ2) is 6.03. The smallest absolute Gasteiger partial charge is 0.0435 e. The maximum absolute atomic E-state index is 3.19. The van der Waals surface area contributed by atoms with Crippen LogP contribution < -0.4 is 16.0 Å². The van der Waals surface area contributed by atoms with Gasteiger partial charge in [0, 0.05) is 24.8 Å². The molecule has 72 valence electrons. The van der Waals surface area contributed by atoms with Gasteiger partial charge in [0.1, 0.15) is 0 Å². The average molecular weight is 171 g/mol. The monoisotopic (exact) mass is 171 g/mol. The minimum absolute atomic E-state index is 0.380. The molecule has 0 saturated heterocycles. The molecular weight excluding hydrogens is 150 g/mol. The van der Waals surface area contributed by atoms with Crippen molar-refractivity contribution in [2.75, 3.05) is 21.1 Å². The Morgan fingerprint density at radius 3 is 2.00 bits per heavy atom. The third-order valence-corrected chi connectivity index (χ3v) is 2.07. The maximum Gasteiger partial charge on any atom is 0.0435 e. The highest BCUT2D eigenvalue weighted by Crippen LogP contribution is 1.98. The largest absolute Gasteiger partial charge is 0.390 e. The van der Waals surface area contributed by atoms with Gasteiger partial charge in [0.25, 0.3) is 0 Å². The van der Waals surface area contributed by atoms with Crippen LogP contribution in [0.4, 0.5) is 0 Å². The lowest BCUT2D eigenvalue weighted by atomic mass is 10.2. The molecule has 0 rings (SSSR count). The SMILES string of the molecule is CNC(=CC(C)NC)C(C)NC. The number of hydrogen-bond donors (Lipinski definition) is 3. The molecule has 2 atom stereocenters. The Bertz CT molecular complexity index is 143. The predicted molar refractivity (Wildman–Crippen MR) is 54.2 cm³/mol. The molecular formula is C9H21N3. The Balaban J connectivity index is 4.21. The predicted octanol–water partition coefficient (Wildman–Crippen LogP) is 0.306. The molecule has 0 aromatic carbocycles. The molecule has 0 aliphatic rings. The van der Waals surface area contributed by atoms with Crippen LogP contribution in [0.15, 0.2) is 11.8 Å². The van der Waals surface area contributed by atoms with Crippen molar-refractivity contribution in [3.8, 4) is 0 Å². The molecule has 12 heavy (non-hydrogen) atoms. The molecule has 3 N–H and O–H groups in total. The van der Waals surface area contributed by atoms with E-state index in [0.29, 0.717) is 12.1 Å². The second-order valence-corrected chi connectivity index (χ2v) is 2.96. The molecule has 0 bridgehead atoms. The van der Waals surface area contributed by atoms with E-state index in [4.69, 9.17) is 0 Å². The van der Waals surface area contributed by atoms with Gasteiger partial charge >= 0.3 is 0 Å². The van der Waals surface area contributed by atoms with E-state index in [0.717, 1.165) is 0 Å². The van der Waals surface area contributed by atoms with Crippen LogP contribution in [0.25, 0.3) is 0 Å². The van der Waals surface area contributed by atoms with E-state index in [9.17, 15) is 0 Å². The topological polar surface area (TPSA) is 36.1 Å². The first-order valence-corrected chi connectivity index (χ1v) is 4.39. The van der Waals surface area contributed by atoms with Crippen molar-refractivity contribution in [2.45, 2.75) is 25.9 Å². The van der Waals surface area contributed by atoms with Crippen LogP contribution in [0.5, 0.6) is 0 Å². The highest BCUT2D eigenvalue weighted by Gasteiger charge is 2.04. The zero-order valence-electron chi connectivity index (χ0n) is 8.73. The molecule has 0 spiro atoms. The molecule has 2 unspecified atom stereocenters. The molecule has 0 radical (unpaired) electrons. The van der Waals surface area contributed by atoms with Gasteiger partial charge in [0.15, 0.2) is 0 Å². The second-order valence-electron chi connectivity index (χ2n) is 2.96. The standard InChI is InChI=1S/C9H21N3/c1-7(10-3)6-9(12-5)8(2)11-4/h6-8,10-12H,1-5H3. The average Bonchev–Trinajstić information content (AvgIpc) is 2.12. The van der Waals surface area contributed by atoms with Gasteiger partial charge in [-0.15, -0.1) is 0 Å². The van der Waals surface area contributed by atoms with Crippen LogP contribution in [-0.2, 0) is 0 Å². The molecule has 0 aliphatic heterocycles. The van der Waals surface area contributed by atoms with E-state index in [1.54, 1.807) is 0 Å². The van der Waals surface area contributed by atoms with Gasteiger partial charge in [0.05, 0.1) is 0 Å². The quantitative estimate of drug-likeness (QED) is 0.557. The van der Waals surface area contributed by atoms with Gasteiger partial charge in [-0.05, 0) is 34.0 Å². The van der Waals surface area contributed by atoms with Crippen LogP contribution in [-0.4, -0.2) is 33.2 Å². The molecule has 0 aromatic heterocycles. The van der Waals surface area contributed by atoms with E-state index >= 15 is 0 Å². The van der Waals surface area contributed by atoms with Crippen molar-refractivity contribution in [1.29, 1.82) is 0 Å². The van der Waals surface area contributed by atoms with E-state index in [2.05, 4.69) is 35.9 Å². The van der Waals surface area contributed by atoms with Gasteiger partial charge in [0.2, 0.25) is 0 Å². The minimum atomic E-state index is 0.380. The summed E-state index contributed by atoms with van der Waals surface area (Å²) in [5.41, 5.74) is 1.22. The minimum Gasteiger partial charge on any atom is -0.390 e. The van der Waals surface area contributed by atoms with Gasteiger partial charge in [-0.3, -0.25) is 0 Å². The summed E-state index contributed by atoms with van der Waals surface area (Å²) in [5, 5.41) is 9.53. The van der Waals surface area contributed by atoms with E-state index < -0.39 is 0 Å². The third-order valence-electron chi connectivity index (χ3n) is 2.07. The Labute approximate surface area is 75.6 Å². The normalized spacial score (nSPS) is 17.2. The van der Waals surface area contributed by atoms with Crippen LogP contribution >= 0.6 is 0 Å². The zero-order valence-corrected chi connectivity index (χ0v) is 8.73. The van der Waals surface area contributed by atoms with E-state index in [1.165, 1.54) is 5.70 Å². The van der Waals surface area contributed by atoms with Gasteiger partial charge in [-0.2, -0.15) is 0 Å². The van der Waals surface area contributed by atoms with Crippen molar-refractivity contribution in [1.82, 2.24) is 16.0 Å². The molecule has 3 nitrogen and oxygen atoms in total. The van der Waals surface area contributed by atoms with Crippen molar-refractivity contribution in [3.05, 3.63) is 11.8 Å². The van der Waals surface area contributed by atoms with Crippen molar-refractivity contribution in [3.63, 3.8) is 0 Å². The van der Waals surface area contributed by atoms with Gasteiger partial charge in [-0.1, -0.05) is 0 Å². The fourth-order valence-electron chi connectivity index (χ4n) is 0.952. The van der Waals surface area contributed by atoms with Crippen molar-refractivity contribution >= 4 is 0 Å². The van der Waals surface area contributed by atoms with Crippen LogP contribution in [0.3, 0.4) is 0 Å².